The number of hydrogen-bond acceptors (Lipinski definition) is 6. The van der Waals surface area contributed by atoms with Crippen molar-refractivity contribution in [3.8, 4) is 5.69 Å². The zero-order chi connectivity index (χ0) is 22.9. The van der Waals surface area contributed by atoms with Crippen LogP contribution in [0.25, 0.3) is 5.69 Å². The van der Waals surface area contributed by atoms with Crippen LogP contribution in [0.2, 0.25) is 0 Å². The van der Waals surface area contributed by atoms with Gasteiger partial charge in [-0.2, -0.15) is 13.2 Å². The summed E-state index contributed by atoms with van der Waals surface area (Å²) in [5.74, 6) is -1.88. The Balaban J connectivity index is 2.01. The highest BCUT2D eigenvalue weighted by atomic mass is 32.1. The third kappa shape index (κ3) is 4.55. The normalized spacial score (nSPS) is 11.5. The first-order chi connectivity index (χ1) is 14.5. The smallest absolute Gasteiger partial charge is 0.296 e. The van der Waals surface area contributed by atoms with Crippen LogP contribution in [-0.2, 0) is 19.6 Å². The molecular formula is C18H15F4N5O3S. The van der Waals surface area contributed by atoms with Crippen LogP contribution in [0.1, 0.15) is 34.4 Å². The van der Waals surface area contributed by atoms with E-state index in [1.807, 2.05) is 6.92 Å². The van der Waals surface area contributed by atoms with E-state index in [4.69, 9.17) is 0 Å². The number of hydrogen-bond donors (Lipinski definition) is 1. The van der Waals surface area contributed by atoms with Crippen molar-refractivity contribution < 1.29 is 22.4 Å². The molecule has 2 aromatic heterocycles. The maximum Gasteiger partial charge on any atom is 0.431 e. The first-order valence-corrected chi connectivity index (χ1v) is 9.68. The number of aromatic nitrogens is 4. The van der Waals surface area contributed by atoms with Gasteiger partial charge in [-0.15, -0.1) is 10.2 Å². The third-order valence-electron chi connectivity index (χ3n) is 4.21. The third-order valence-corrected chi connectivity index (χ3v) is 5.11. The molecule has 0 atom stereocenters. The molecule has 0 fully saturated rings. The fourth-order valence-corrected chi connectivity index (χ4v) is 3.58. The highest BCUT2D eigenvalue weighted by molar-refractivity contribution is 7.15. The Kier molecular flexibility index (Phi) is 6.06. The van der Waals surface area contributed by atoms with Crippen LogP contribution in [0.3, 0.4) is 0 Å². The average molecular weight is 457 g/mol. The summed E-state index contributed by atoms with van der Waals surface area (Å²) in [6.45, 7) is 1.94. The fourth-order valence-electron chi connectivity index (χ4n) is 2.75. The van der Waals surface area contributed by atoms with Gasteiger partial charge in [0.05, 0.1) is 11.3 Å². The van der Waals surface area contributed by atoms with Crippen molar-refractivity contribution in [2.45, 2.75) is 25.9 Å². The molecule has 0 spiro atoms. The largest absolute Gasteiger partial charge is 0.431 e. The fraction of sp³-hybridized carbons (Fsp3) is 0.278. The van der Waals surface area contributed by atoms with Crippen LogP contribution in [-0.4, -0.2) is 25.2 Å². The van der Waals surface area contributed by atoms with Gasteiger partial charge in [-0.3, -0.25) is 19.5 Å². The van der Waals surface area contributed by atoms with E-state index in [-0.39, 0.29) is 21.5 Å². The Morgan fingerprint density at radius 3 is 2.55 bits per heavy atom. The van der Waals surface area contributed by atoms with E-state index in [9.17, 15) is 31.9 Å². The number of carbonyl (C=O) groups excluding carboxylic acids is 1. The molecule has 0 aliphatic carbocycles. The van der Waals surface area contributed by atoms with Gasteiger partial charge in [-0.1, -0.05) is 18.3 Å². The van der Waals surface area contributed by atoms with Crippen LogP contribution in [0.4, 0.5) is 22.7 Å². The predicted octanol–water partition coefficient (Wildman–Crippen LogP) is 2.75. The standard InChI is InChI=1S/C18H15F4N5O3S/c1-3-4-13-24-25-16(31-13)23-15(29)10-7-9(5-6-11(10)19)27-14(28)8-12(18(20,21)22)26(2)17(27)30/h5-8H,3-4H2,1-2H3,(H,23,25,29). The minimum Gasteiger partial charge on any atom is -0.296 e. The van der Waals surface area contributed by atoms with E-state index in [0.717, 1.165) is 43.0 Å². The van der Waals surface area contributed by atoms with Gasteiger partial charge in [-0.05, 0) is 24.6 Å². The number of anilines is 1. The molecule has 0 saturated heterocycles. The summed E-state index contributed by atoms with van der Waals surface area (Å²) in [7, 11) is 0.849. The summed E-state index contributed by atoms with van der Waals surface area (Å²) < 4.78 is 53.9. The van der Waals surface area contributed by atoms with Gasteiger partial charge >= 0.3 is 11.9 Å². The average Bonchev–Trinajstić information content (AvgIpc) is 3.12. The molecular weight excluding hydrogens is 442 g/mol. The Morgan fingerprint density at radius 2 is 1.90 bits per heavy atom. The highest BCUT2D eigenvalue weighted by Gasteiger charge is 2.35. The van der Waals surface area contributed by atoms with Crippen LogP contribution >= 0.6 is 11.3 Å². The van der Waals surface area contributed by atoms with Gasteiger partial charge < -0.3 is 0 Å². The van der Waals surface area contributed by atoms with E-state index >= 15 is 0 Å². The molecule has 3 rings (SSSR count). The topological polar surface area (TPSA) is 98.9 Å². The second-order valence-corrected chi connectivity index (χ2v) is 7.47. The van der Waals surface area contributed by atoms with Gasteiger partial charge in [-0.25, -0.2) is 13.8 Å². The maximum atomic E-state index is 14.3. The number of rotatable bonds is 5. The van der Waals surface area contributed by atoms with Crippen LogP contribution in [0.15, 0.2) is 33.9 Å². The minimum absolute atomic E-state index is 0.126. The van der Waals surface area contributed by atoms with Gasteiger partial charge in [0.15, 0.2) is 0 Å². The van der Waals surface area contributed by atoms with E-state index < -0.39 is 40.4 Å². The molecule has 1 aromatic carbocycles. The van der Waals surface area contributed by atoms with Gasteiger partial charge in [0, 0.05) is 19.5 Å². The second kappa shape index (κ2) is 8.41. The molecule has 164 valence electrons. The summed E-state index contributed by atoms with van der Waals surface area (Å²) in [5, 5.41) is 10.8. The van der Waals surface area contributed by atoms with Gasteiger partial charge in [0.1, 0.15) is 16.5 Å². The number of aryl methyl sites for hydroxylation is 1. The molecule has 0 bridgehead atoms. The van der Waals surface area contributed by atoms with E-state index in [1.54, 1.807) is 0 Å². The lowest BCUT2D eigenvalue weighted by molar-refractivity contribution is -0.144. The van der Waals surface area contributed by atoms with Gasteiger partial charge in [0.2, 0.25) is 5.13 Å². The first kappa shape index (κ1) is 22.3. The van der Waals surface area contributed by atoms with E-state index in [0.29, 0.717) is 16.0 Å². The molecule has 0 aliphatic rings. The zero-order valence-corrected chi connectivity index (χ0v) is 17.0. The zero-order valence-electron chi connectivity index (χ0n) is 16.2. The lowest BCUT2D eigenvalue weighted by Crippen LogP contribution is -2.40. The number of nitrogens with one attached hydrogen (secondary N) is 1. The number of nitrogens with zero attached hydrogens (tertiary/aromatic N) is 4. The molecule has 0 aliphatic heterocycles. The Labute approximate surface area is 175 Å². The lowest BCUT2D eigenvalue weighted by Gasteiger charge is -2.14. The van der Waals surface area contributed by atoms with Crippen molar-refractivity contribution in [1.29, 1.82) is 0 Å². The number of benzene rings is 1. The van der Waals surface area contributed by atoms with E-state index in [2.05, 4.69) is 15.5 Å². The maximum absolute atomic E-state index is 14.3. The van der Waals surface area contributed by atoms with Crippen molar-refractivity contribution in [2.75, 3.05) is 5.32 Å². The van der Waals surface area contributed by atoms with Crippen LogP contribution in [0, 0.1) is 5.82 Å². The number of alkyl halides is 3. The van der Waals surface area contributed by atoms with E-state index in [1.165, 1.54) is 0 Å². The Hall–Kier alpha value is -3.35. The molecule has 3 aromatic rings. The summed E-state index contributed by atoms with van der Waals surface area (Å²) in [4.78, 5) is 37.1. The molecule has 2 heterocycles. The highest BCUT2D eigenvalue weighted by Crippen LogP contribution is 2.27. The summed E-state index contributed by atoms with van der Waals surface area (Å²) in [5.41, 5.74) is -4.81. The van der Waals surface area contributed by atoms with Crippen molar-refractivity contribution in [1.82, 2.24) is 19.3 Å². The number of amides is 1. The number of carbonyl (C=O) groups is 1. The molecule has 0 radical (unpaired) electrons. The molecule has 8 nitrogen and oxygen atoms in total. The molecule has 0 unspecified atom stereocenters. The van der Waals surface area contributed by atoms with Crippen molar-refractivity contribution in [2.24, 2.45) is 7.05 Å². The molecule has 31 heavy (non-hydrogen) atoms. The summed E-state index contributed by atoms with van der Waals surface area (Å²) >= 11 is 1.11. The Morgan fingerprint density at radius 1 is 1.19 bits per heavy atom. The van der Waals surface area contributed by atoms with Gasteiger partial charge in [0.25, 0.3) is 11.5 Å². The van der Waals surface area contributed by atoms with Crippen molar-refractivity contribution >= 4 is 22.4 Å². The Bertz CT molecular complexity index is 1260. The lowest BCUT2D eigenvalue weighted by atomic mass is 10.1. The minimum atomic E-state index is -4.92. The first-order valence-electron chi connectivity index (χ1n) is 8.87. The molecule has 0 saturated carbocycles. The predicted molar refractivity (Wildman–Crippen MR) is 104 cm³/mol. The quantitative estimate of drug-likeness (QED) is 0.594. The second-order valence-electron chi connectivity index (χ2n) is 6.41. The molecule has 1 amide bonds. The van der Waals surface area contributed by atoms with Crippen LogP contribution in [0.5, 0.6) is 0 Å². The molecule has 1 N–H and O–H groups in total. The summed E-state index contributed by atoms with van der Waals surface area (Å²) in [6.07, 6.45) is -3.45. The monoisotopic (exact) mass is 457 g/mol. The summed E-state index contributed by atoms with van der Waals surface area (Å²) in [6, 6.07) is 2.98. The van der Waals surface area contributed by atoms with Crippen molar-refractivity contribution in [3.63, 3.8) is 0 Å². The molecule has 13 heteroatoms. The van der Waals surface area contributed by atoms with Crippen molar-refractivity contribution in [3.05, 3.63) is 67.2 Å². The SMILES string of the molecule is CCCc1nnc(NC(=O)c2cc(-n3c(=O)cc(C(F)(F)F)n(C)c3=O)ccc2F)s1. The number of halogens is 4. The van der Waals surface area contributed by atoms with Crippen LogP contribution < -0.4 is 16.6 Å².